The van der Waals surface area contributed by atoms with Gasteiger partial charge in [-0.3, -0.25) is 0 Å². The van der Waals surface area contributed by atoms with Crippen LogP contribution < -0.4 is 5.73 Å². The predicted molar refractivity (Wildman–Crippen MR) is 160 cm³/mol. The highest BCUT2D eigenvalue weighted by atomic mass is 14.5. The summed E-state index contributed by atoms with van der Waals surface area (Å²) in [5.74, 6) is 2.64. The zero-order chi connectivity index (χ0) is 26.6. The van der Waals surface area contributed by atoms with Crippen molar-refractivity contribution in [2.75, 3.05) is 5.73 Å². The molecule has 0 aliphatic carbocycles. The summed E-state index contributed by atoms with van der Waals surface area (Å²) in [7, 11) is 0. The van der Waals surface area contributed by atoms with Crippen LogP contribution in [0.4, 0.5) is 5.69 Å². The molecule has 0 bridgehead atoms. The molecule has 0 amide bonds. The summed E-state index contributed by atoms with van der Waals surface area (Å²) >= 11 is 0. The first-order chi connectivity index (χ1) is 16.0. The zero-order valence-corrected chi connectivity index (χ0v) is 25.3. The van der Waals surface area contributed by atoms with Crippen LogP contribution in [-0.4, -0.2) is 0 Å². The highest BCUT2D eigenvalue weighted by Crippen LogP contribution is 2.32. The monoisotopic (exact) mass is 473 g/mol. The van der Waals surface area contributed by atoms with E-state index in [1.54, 1.807) is 0 Å². The van der Waals surface area contributed by atoms with Gasteiger partial charge in [-0.1, -0.05) is 144 Å². The lowest BCUT2D eigenvalue weighted by molar-refractivity contribution is 0.255. The molecular formula is C33H63N. The first-order valence-corrected chi connectivity index (χ1v) is 14.5. The molecule has 1 unspecified atom stereocenters. The van der Waals surface area contributed by atoms with Crippen molar-refractivity contribution in [1.29, 1.82) is 0 Å². The topological polar surface area (TPSA) is 26.0 Å². The van der Waals surface area contributed by atoms with Gasteiger partial charge in [0.1, 0.15) is 0 Å². The van der Waals surface area contributed by atoms with Crippen LogP contribution >= 0.6 is 0 Å². The van der Waals surface area contributed by atoms with Gasteiger partial charge in [-0.05, 0) is 61.1 Å². The molecule has 2 N–H and O–H groups in total. The lowest BCUT2D eigenvalue weighted by Gasteiger charge is -2.28. The third kappa shape index (κ3) is 17.2. The molecule has 0 aliphatic heterocycles. The highest BCUT2D eigenvalue weighted by Gasteiger charge is 2.22. The molecule has 1 aromatic carbocycles. The standard InChI is InChI=1S/C16H25N.C14H30.C3H8/c1-12(2)10-13(3)11-16(4,5)14-6-8-15(17)9-7-14;1-5-9-13(10-6-2)14(11-7-3)12-8-4;1-3-2/h6-10,13H,11,17H2,1-5H3;13-14H,5-12H2,1-4H3;3H2,1-2H3. The zero-order valence-electron chi connectivity index (χ0n) is 25.3. The van der Waals surface area contributed by atoms with Crippen molar-refractivity contribution >= 4 is 5.69 Å². The summed E-state index contributed by atoms with van der Waals surface area (Å²) in [6.07, 6.45) is 16.1. The molecule has 34 heavy (non-hydrogen) atoms. The maximum Gasteiger partial charge on any atom is 0.0314 e. The first kappa shape index (κ1) is 34.9. The van der Waals surface area contributed by atoms with Crippen molar-refractivity contribution in [2.45, 2.75) is 146 Å². The van der Waals surface area contributed by atoms with Gasteiger partial charge in [0.15, 0.2) is 0 Å². The maximum atomic E-state index is 5.73. The van der Waals surface area contributed by atoms with E-state index >= 15 is 0 Å². The number of allylic oxidation sites excluding steroid dienone is 2. The van der Waals surface area contributed by atoms with Crippen LogP contribution in [0.5, 0.6) is 0 Å². The van der Waals surface area contributed by atoms with E-state index in [9.17, 15) is 0 Å². The number of hydrogen-bond acceptors (Lipinski definition) is 1. The van der Waals surface area contributed by atoms with E-state index < -0.39 is 0 Å². The molecule has 0 fully saturated rings. The van der Waals surface area contributed by atoms with Gasteiger partial charge < -0.3 is 5.73 Å². The fourth-order valence-electron chi connectivity index (χ4n) is 5.20. The van der Waals surface area contributed by atoms with Crippen LogP contribution in [0.25, 0.3) is 0 Å². The van der Waals surface area contributed by atoms with Crippen molar-refractivity contribution in [3.63, 3.8) is 0 Å². The summed E-state index contributed by atoms with van der Waals surface area (Å²) in [6, 6.07) is 8.26. The van der Waals surface area contributed by atoms with Crippen molar-refractivity contribution < 1.29 is 0 Å². The van der Waals surface area contributed by atoms with E-state index in [-0.39, 0.29) is 5.41 Å². The van der Waals surface area contributed by atoms with Crippen LogP contribution in [0.3, 0.4) is 0 Å². The van der Waals surface area contributed by atoms with Gasteiger partial charge in [0.2, 0.25) is 0 Å². The van der Waals surface area contributed by atoms with E-state index in [1.807, 2.05) is 12.1 Å². The van der Waals surface area contributed by atoms with E-state index in [1.165, 1.54) is 68.9 Å². The number of nitrogens with two attached hydrogens (primary N) is 1. The molecule has 1 rings (SSSR count). The quantitative estimate of drug-likeness (QED) is 0.224. The van der Waals surface area contributed by atoms with Crippen molar-refractivity contribution in [3.8, 4) is 0 Å². The number of benzene rings is 1. The molecule has 1 aromatic rings. The Morgan fingerprint density at radius 3 is 1.41 bits per heavy atom. The first-order valence-electron chi connectivity index (χ1n) is 14.5. The van der Waals surface area contributed by atoms with E-state index in [2.05, 4.69) is 94.4 Å². The smallest absolute Gasteiger partial charge is 0.0314 e. The van der Waals surface area contributed by atoms with Gasteiger partial charge >= 0.3 is 0 Å². The minimum atomic E-state index is 0.194. The summed E-state index contributed by atoms with van der Waals surface area (Å²) in [6.45, 7) is 24.8. The van der Waals surface area contributed by atoms with Gasteiger partial charge in [-0.25, -0.2) is 0 Å². The normalized spacial score (nSPS) is 11.9. The molecule has 0 saturated carbocycles. The predicted octanol–water partition coefficient (Wildman–Crippen LogP) is 11.4. The van der Waals surface area contributed by atoms with Gasteiger partial charge in [0, 0.05) is 5.69 Å². The van der Waals surface area contributed by atoms with E-state index in [4.69, 9.17) is 5.73 Å². The fourth-order valence-corrected chi connectivity index (χ4v) is 5.20. The summed E-state index contributed by atoms with van der Waals surface area (Å²) in [5, 5.41) is 0. The van der Waals surface area contributed by atoms with Crippen molar-refractivity contribution in [3.05, 3.63) is 41.5 Å². The van der Waals surface area contributed by atoms with Crippen molar-refractivity contribution in [2.24, 2.45) is 17.8 Å². The van der Waals surface area contributed by atoms with Crippen LogP contribution in [0.15, 0.2) is 35.9 Å². The Morgan fingerprint density at radius 1 is 0.765 bits per heavy atom. The van der Waals surface area contributed by atoms with Crippen LogP contribution in [-0.2, 0) is 5.41 Å². The Morgan fingerprint density at radius 2 is 1.12 bits per heavy atom. The Labute approximate surface area is 216 Å². The molecule has 200 valence electrons. The molecular weight excluding hydrogens is 410 g/mol. The van der Waals surface area contributed by atoms with Crippen LogP contribution in [0.1, 0.15) is 146 Å². The van der Waals surface area contributed by atoms with Gasteiger partial charge in [-0.15, -0.1) is 0 Å². The molecule has 0 saturated heterocycles. The summed E-state index contributed by atoms with van der Waals surface area (Å²) in [4.78, 5) is 0. The molecule has 0 aromatic heterocycles. The Bertz CT molecular complexity index is 565. The van der Waals surface area contributed by atoms with E-state index in [0.29, 0.717) is 5.92 Å². The third-order valence-corrected chi connectivity index (χ3v) is 6.45. The molecule has 1 heteroatoms. The molecule has 0 radical (unpaired) electrons. The lowest BCUT2D eigenvalue weighted by atomic mass is 9.77. The molecule has 0 spiro atoms. The number of hydrogen-bond donors (Lipinski definition) is 1. The Hall–Kier alpha value is -1.24. The average Bonchev–Trinajstić information content (AvgIpc) is 2.74. The molecule has 0 heterocycles. The second-order valence-electron chi connectivity index (χ2n) is 11.3. The Kier molecular flexibility index (Phi) is 21.6. The van der Waals surface area contributed by atoms with Crippen molar-refractivity contribution in [1.82, 2.24) is 0 Å². The molecule has 1 nitrogen and oxygen atoms in total. The maximum absolute atomic E-state index is 5.73. The second kappa shape index (κ2) is 21.1. The molecule has 1 atom stereocenters. The minimum absolute atomic E-state index is 0.194. The summed E-state index contributed by atoms with van der Waals surface area (Å²) < 4.78 is 0. The largest absolute Gasteiger partial charge is 0.399 e. The number of rotatable bonds is 13. The lowest BCUT2D eigenvalue weighted by Crippen LogP contribution is -2.20. The third-order valence-electron chi connectivity index (χ3n) is 6.45. The van der Waals surface area contributed by atoms with Gasteiger partial charge in [0.25, 0.3) is 0 Å². The Balaban J connectivity index is 0. The summed E-state index contributed by atoms with van der Waals surface area (Å²) in [5.41, 5.74) is 9.51. The van der Waals surface area contributed by atoms with Gasteiger partial charge in [0.05, 0.1) is 0 Å². The number of anilines is 1. The number of nitrogen functional groups attached to an aromatic ring is 1. The van der Waals surface area contributed by atoms with E-state index in [0.717, 1.165) is 23.9 Å². The highest BCUT2D eigenvalue weighted by molar-refractivity contribution is 5.41. The average molecular weight is 474 g/mol. The SMILES string of the molecule is CC(C)=CC(C)CC(C)(C)c1ccc(N)cc1.CCC.CCCC(CCC)C(CCC)CCC. The minimum Gasteiger partial charge on any atom is -0.399 e. The molecule has 0 aliphatic rings. The van der Waals surface area contributed by atoms with Crippen LogP contribution in [0.2, 0.25) is 0 Å². The van der Waals surface area contributed by atoms with Crippen LogP contribution in [0, 0.1) is 17.8 Å². The fraction of sp³-hybridized carbons (Fsp3) is 0.758. The second-order valence-corrected chi connectivity index (χ2v) is 11.3. The van der Waals surface area contributed by atoms with Gasteiger partial charge in [-0.2, -0.15) is 0 Å².